The number of amides is 1. The van der Waals surface area contributed by atoms with Crippen molar-refractivity contribution in [2.24, 2.45) is 11.3 Å². The number of aromatic amines is 1. The second-order valence-electron chi connectivity index (χ2n) is 11.2. The van der Waals surface area contributed by atoms with Gasteiger partial charge in [-0.2, -0.15) is 0 Å². The van der Waals surface area contributed by atoms with Crippen molar-refractivity contribution in [2.45, 2.75) is 70.8 Å². The van der Waals surface area contributed by atoms with E-state index in [-0.39, 0.29) is 23.3 Å². The average Bonchev–Trinajstić information content (AvgIpc) is 3.44. The normalized spacial score (nSPS) is 19.2. The molecule has 5 rings (SSSR count). The maximum Gasteiger partial charge on any atom is 0.224 e. The van der Waals surface area contributed by atoms with Crippen LogP contribution in [0.4, 0.5) is 0 Å². The Bertz CT molecular complexity index is 1310. The number of methoxy groups -OCH3 is 1. The number of nitrogens with zero attached hydrogens (tertiary/aromatic N) is 4. The molecule has 0 bridgehead atoms. The van der Waals surface area contributed by atoms with Crippen molar-refractivity contribution in [1.82, 2.24) is 30.2 Å². The van der Waals surface area contributed by atoms with Gasteiger partial charge in [0.05, 0.1) is 41.6 Å². The lowest BCUT2D eigenvalue weighted by Crippen LogP contribution is -2.36. The van der Waals surface area contributed by atoms with Crippen LogP contribution >= 0.6 is 0 Å². The van der Waals surface area contributed by atoms with Gasteiger partial charge in [0.15, 0.2) is 0 Å². The van der Waals surface area contributed by atoms with E-state index < -0.39 is 0 Å². The molecule has 1 aliphatic heterocycles. The van der Waals surface area contributed by atoms with E-state index in [1.54, 1.807) is 19.5 Å². The van der Waals surface area contributed by atoms with Crippen LogP contribution in [-0.4, -0.2) is 63.8 Å². The fourth-order valence-corrected chi connectivity index (χ4v) is 5.89. The lowest BCUT2D eigenvalue weighted by atomic mass is 9.91. The number of carbonyl (C=O) groups is 2. The number of rotatable bonds is 12. The Morgan fingerprint density at radius 2 is 2.03 bits per heavy atom. The summed E-state index contributed by atoms with van der Waals surface area (Å²) in [6, 6.07) is 5.48. The van der Waals surface area contributed by atoms with Gasteiger partial charge in [-0.15, -0.1) is 0 Å². The quantitative estimate of drug-likeness (QED) is 0.321. The molecule has 0 radical (unpaired) electrons. The third kappa shape index (κ3) is 6.13. The molecule has 0 aromatic carbocycles. The minimum atomic E-state index is -0.227. The minimum absolute atomic E-state index is 0.0844. The van der Waals surface area contributed by atoms with Gasteiger partial charge < -0.3 is 19.9 Å². The SMILES string of the molecule is CCC(=O)CCCCC[C@H](NC(=O)[C@H]1CC12CCN(C)CC2)c1ncc(-c2cc3ncccc3nc2OC)[nH]1. The van der Waals surface area contributed by atoms with E-state index in [1.165, 1.54) is 0 Å². The summed E-state index contributed by atoms with van der Waals surface area (Å²) in [4.78, 5) is 44.7. The number of likely N-dealkylation sites (tertiary alicyclic amines) is 1. The number of piperidine rings is 1. The second-order valence-corrected chi connectivity index (χ2v) is 11.2. The topological polar surface area (TPSA) is 113 Å². The van der Waals surface area contributed by atoms with Gasteiger partial charge in [0.2, 0.25) is 11.8 Å². The van der Waals surface area contributed by atoms with Crippen LogP contribution in [0.1, 0.15) is 76.6 Å². The van der Waals surface area contributed by atoms with Crippen LogP contribution in [0.25, 0.3) is 22.3 Å². The molecule has 2 atom stereocenters. The van der Waals surface area contributed by atoms with Crippen molar-refractivity contribution < 1.29 is 14.3 Å². The molecular formula is C30H40N6O3. The van der Waals surface area contributed by atoms with Crippen LogP contribution in [0.3, 0.4) is 0 Å². The van der Waals surface area contributed by atoms with Crippen LogP contribution in [-0.2, 0) is 9.59 Å². The summed E-state index contributed by atoms with van der Waals surface area (Å²) in [6.45, 7) is 4.02. The number of H-pyrrole nitrogens is 1. The number of fused-ring (bicyclic) bond motifs is 1. The van der Waals surface area contributed by atoms with Gasteiger partial charge in [0.1, 0.15) is 11.6 Å². The number of hydrogen-bond donors (Lipinski definition) is 2. The van der Waals surface area contributed by atoms with Crippen LogP contribution in [0, 0.1) is 11.3 Å². The zero-order valence-electron chi connectivity index (χ0n) is 23.3. The Kier molecular flexibility index (Phi) is 8.26. The molecule has 3 aromatic heterocycles. The fraction of sp³-hybridized carbons (Fsp3) is 0.567. The number of Topliss-reactive ketones (excluding diaryl/α,β-unsaturated/α-hetero) is 1. The van der Waals surface area contributed by atoms with Gasteiger partial charge in [-0.1, -0.05) is 19.8 Å². The van der Waals surface area contributed by atoms with E-state index in [0.29, 0.717) is 24.5 Å². The number of nitrogens with one attached hydrogen (secondary N) is 2. The molecule has 39 heavy (non-hydrogen) atoms. The molecule has 208 valence electrons. The molecule has 1 saturated carbocycles. The number of hydrogen-bond acceptors (Lipinski definition) is 7. The number of aromatic nitrogens is 4. The zero-order chi connectivity index (χ0) is 27.4. The first kappa shape index (κ1) is 27.2. The first-order valence-corrected chi connectivity index (χ1v) is 14.3. The summed E-state index contributed by atoms with van der Waals surface area (Å²) in [6.07, 6.45) is 11.4. The van der Waals surface area contributed by atoms with Gasteiger partial charge in [-0.25, -0.2) is 9.97 Å². The molecule has 9 heteroatoms. The van der Waals surface area contributed by atoms with E-state index in [4.69, 9.17) is 9.72 Å². The Morgan fingerprint density at radius 1 is 1.21 bits per heavy atom. The Balaban J connectivity index is 1.32. The Labute approximate surface area is 230 Å². The number of pyridine rings is 2. The van der Waals surface area contributed by atoms with Crippen molar-refractivity contribution in [3.63, 3.8) is 0 Å². The van der Waals surface area contributed by atoms with Crippen molar-refractivity contribution in [1.29, 1.82) is 0 Å². The van der Waals surface area contributed by atoms with Gasteiger partial charge in [-0.3, -0.25) is 14.6 Å². The summed E-state index contributed by atoms with van der Waals surface area (Å²) in [5, 5.41) is 3.34. The summed E-state index contributed by atoms with van der Waals surface area (Å²) >= 11 is 0. The summed E-state index contributed by atoms with van der Waals surface area (Å²) in [5.74, 6) is 1.75. The van der Waals surface area contributed by atoms with Crippen molar-refractivity contribution in [3.05, 3.63) is 36.4 Å². The molecule has 4 heterocycles. The molecule has 1 saturated heterocycles. The second kappa shape index (κ2) is 11.8. The molecule has 2 fully saturated rings. The van der Waals surface area contributed by atoms with Crippen LogP contribution in [0.5, 0.6) is 5.88 Å². The average molecular weight is 533 g/mol. The lowest BCUT2D eigenvalue weighted by Gasteiger charge is -2.30. The summed E-state index contributed by atoms with van der Waals surface area (Å²) in [5.41, 5.74) is 3.25. The molecule has 1 aliphatic carbocycles. The molecule has 2 aliphatic rings. The standard InChI is InChI=1S/C30H40N6O3/c1-4-20(37)9-6-5-7-10-24(34-28(38)22-18-30(22)12-15-36(2)16-13-30)27-32-19-26(33-27)21-17-25-23(11-8-14-31-25)35-29(21)39-3/h8,11,14,17,19,22,24H,4-7,9-10,12-13,15-16,18H2,1-3H3,(H,32,33)(H,34,38)/t22-,24+/m1/s1. The van der Waals surface area contributed by atoms with Crippen LogP contribution in [0.15, 0.2) is 30.6 Å². The maximum absolute atomic E-state index is 13.4. The van der Waals surface area contributed by atoms with Gasteiger partial charge >= 0.3 is 0 Å². The largest absolute Gasteiger partial charge is 0.480 e. The predicted octanol–water partition coefficient (Wildman–Crippen LogP) is 4.85. The zero-order valence-corrected chi connectivity index (χ0v) is 23.3. The molecular weight excluding hydrogens is 492 g/mol. The smallest absolute Gasteiger partial charge is 0.224 e. The third-order valence-electron chi connectivity index (χ3n) is 8.61. The highest BCUT2D eigenvalue weighted by atomic mass is 16.5. The highest BCUT2D eigenvalue weighted by Gasteiger charge is 2.58. The first-order chi connectivity index (χ1) is 18.9. The maximum atomic E-state index is 13.4. The van der Waals surface area contributed by atoms with Gasteiger partial charge in [0.25, 0.3) is 0 Å². The number of unbranched alkanes of at least 4 members (excludes halogenated alkanes) is 2. The highest BCUT2D eigenvalue weighted by Crippen LogP contribution is 2.59. The Hall–Kier alpha value is -3.33. The van der Waals surface area contributed by atoms with Crippen LogP contribution in [0.2, 0.25) is 0 Å². The summed E-state index contributed by atoms with van der Waals surface area (Å²) < 4.78 is 5.59. The van der Waals surface area contributed by atoms with Crippen LogP contribution < -0.4 is 10.1 Å². The molecule has 1 spiro atoms. The Morgan fingerprint density at radius 3 is 2.79 bits per heavy atom. The van der Waals surface area contributed by atoms with Gasteiger partial charge in [0, 0.05) is 25.0 Å². The van der Waals surface area contributed by atoms with E-state index >= 15 is 0 Å². The molecule has 3 aromatic rings. The first-order valence-electron chi connectivity index (χ1n) is 14.3. The van der Waals surface area contributed by atoms with Crippen molar-refractivity contribution in [2.75, 3.05) is 27.2 Å². The molecule has 2 N–H and O–H groups in total. The van der Waals surface area contributed by atoms with E-state index in [2.05, 4.69) is 32.2 Å². The highest BCUT2D eigenvalue weighted by molar-refractivity contribution is 5.83. The number of carbonyl (C=O) groups excluding carboxylic acids is 2. The number of ether oxygens (including phenoxy) is 1. The van der Waals surface area contributed by atoms with E-state index in [0.717, 1.165) is 86.2 Å². The van der Waals surface area contributed by atoms with Crippen molar-refractivity contribution >= 4 is 22.7 Å². The lowest BCUT2D eigenvalue weighted by molar-refractivity contribution is -0.124. The monoisotopic (exact) mass is 532 g/mol. The number of imidazole rings is 1. The fourth-order valence-electron chi connectivity index (χ4n) is 5.89. The summed E-state index contributed by atoms with van der Waals surface area (Å²) in [7, 11) is 3.76. The third-order valence-corrected chi connectivity index (χ3v) is 8.61. The van der Waals surface area contributed by atoms with E-state index in [1.807, 2.05) is 25.1 Å². The van der Waals surface area contributed by atoms with Crippen molar-refractivity contribution in [3.8, 4) is 17.1 Å². The van der Waals surface area contributed by atoms with E-state index in [9.17, 15) is 9.59 Å². The van der Waals surface area contributed by atoms with Gasteiger partial charge in [-0.05, 0) is 75.9 Å². The predicted molar refractivity (Wildman–Crippen MR) is 150 cm³/mol. The molecule has 9 nitrogen and oxygen atoms in total. The number of ketones is 1. The minimum Gasteiger partial charge on any atom is -0.480 e. The molecule has 0 unspecified atom stereocenters. The molecule has 1 amide bonds.